The average molecular weight is 467 g/mol. The van der Waals surface area contributed by atoms with E-state index in [-0.39, 0.29) is 41.1 Å². The maximum Gasteiger partial charge on any atom is 0.416 e. The molecule has 5 N–H and O–H groups in total. The minimum absolute atomic E-state index is 0.0913. The molecule has 1 aromatic heterocycles. The Kier molecular flexibility index (Phi) is 7.68. The van der Waals surface area contributed by atoms with Crippen LogP contribution in [-0.2, 0) is 16.5 Å². The van der Waals surface area contributed by atoms with Crippen LogP contribution in [0.15, 0.2) is 18.2 Å². The van der Waals surface area contributed by atoms with Gasteiger partial charge in [-0.1, -0.05) is 0 Å². The second-order valence-corrected chi connectivity index (χ2v) is 7.48. The van der Waals surface area contributed by atoms with Crippen LogP contribution in [0.2, 0.25) is 0 Å². The molecule has 0 unspecified atom stereocenters. The first-order valence-corrected chi connectivity index (χ1v) is 9.51. The van der Waals surface area contributed by atoms with Crippen LogP contribution in [0.3, 0.4) is 0 Å². The van der Waals surface area contributed by atoms with Crippen molar-refractivity contribution < 1.29 is 27.4 Å². The maximum absolute atomic E-state index is 13.4. The van der Waals surface area contributed by atoms with E-state index in [0.717, 1.165) is 12.1 Å². The number of nitriles is 1. The zero-order chi connectivity index (χ0) is 25.0. The van der Waals surface area contributed by atoms with Crippen molar-refractivity contribution in [3.05, 3.63) is 35.0 Å². The Morgan fingerprint density at radius 2 is 1.94 bits per heavy atom. The fourth-order valence-electron chi connectivity index (χ4n) is 2.71. The van der Waals surface area contributed by atoms with Crippen molar-refractivity contribution in [2.75, 3.05) is 45.4 Å². The summed E-state index contributed by atoms with van der Waals surface area (Å²) in [6.45, 7) is 1.82. The normalized spacial score (nSPS) is 13.2. The van der Waals surface area contributed by atoms with Crippen LogP contribution >= 0.6 is 0 Å². The first-order valence-electron chi connectivity index (χ1n) is 9.51. The lowest BCUT2D eigenvalue weighted by Gasteiger charge is -2.25. The third kappa shape index (κ3) is 6.21. The Balaban J connectivity index is 2.42. The van der Waals surface area contributed by atoms with Gasteiger partial charge in [0.15, 0.2) is 0 Å². The molecule has 178 valence electrons. The summed E-state index contributed by atoms with van der Waals surface area (Å²) in [4.78, 5) is 22.4. The van der Waals surface area contributed by atoms with Gasteiger partial charge in [0.05, 0.1) is 18.4 Å². The number of carbonyl (C=O) groups is 1. The zero-order valence-corrected chi connectivity index (χ0v) is 18.4. The zero-order valence-electron chi connectivity index (χ0n) is 18.4. The average Bonchev–Trinajstić information content (AvgIpc) is 2.71. The number of halogens is 3. The third-order valence-corrected chi connectivity index (χ3v) is 4.46. The maximum atomic E-state index is 13.4. The van der Waals surface area contributed by atoms with Crippen molar-refractivity contribution in [1.29, 1.82) is 5.26 Å². The molecule has 2 aromatic rings. The van der Waals surface area contributed by atoms with Gasteiger partial charge >= 0.3 is 6.18 Å². The van der Waals surface area contributed by atoms with E-state index in [1.54, 1.807) is 25.1 Å². The lowest BCUT2D eigenvalue weighted by atomic mass is 9.94. The van der Waals surface area contributed by atoms with Gasteiger partial charge in [0.25, 0.3) is 0 Å². The molecule has 0 spiro atoms. The van der Waals surface area contributed by atoms with E-state index in [4.69, 9.17) is 20.9 Å². The number of nitrogen functional groups attached to an aromatic ring is 1. The molecule has 0 saturated carbocycles. The molecular formula is C20H24F3N7O3. The van der Waals surface area contributed by atoms with Crippen molar-refractivity contribution in [3.8, 4) is 17.7 Å². The molecule has 0 aliphatic heterocycles. The van der Waals surface area contributed by atoms with E-state index in [1.165, 1.54) is 20.1 Å². The number of benzene rings is 1. The number of carbonyl (C=O) groups excluding carboxylic acids is 1. The van der Waals surface area contributed by atoms with Gasteiger partial charge in [0, 0.05) is 18.3 Å². The van der Waals surface area contributed by atoms with Crippen molar-refractivity contribution in [1.82, 2.24) is 14.9 Å². The van der Waals surface area contributed by atoms with Crippen LogP contribution < -0.4 is 26.3 Å². The van der Waals surface area contributed by atoms with Crippen LogP contribution in [0, 0.1) is 11.3 Å². The summed E-state index contributed by atoms with van der Waals surface area (Å²) in [5.41, 5.74) is 8.08. The number of alkyl halides is 3. The number of amides is 1. The summed E-state index contributed by atoms with van der Waals surface area (Å²) in [5.74, 6) is -1.54. The molecule has 33 heavy (non-hydrogen) atoms. The molecule has 1 amide bonds. The number of rotatable bonds is 8. The molecule has 1 heterocycles. The SMILES string of the molecule is COc1nc(N)nc([C@@](C)(N)C(=O)Nc2cc(OCCN(C)C)cc(C(F)(F)F)c2)c1C#N. The quantitative estimate of drug-likeness (QED) is 0.527. The Bertz CT molecular complexity index is 1070. The van der Waals surface area contributed by atoms with Crippen LogP contribution in [0.4, 0.5) is 24.8 Å². The number of ether oxygens (including phenoxy) is 2. The molecule has 1 aromatic carbocycles. The molecule has 0 aliphatic carbocycles. The van der Waals surface area contributed by atoms with E-state index >= 15 is 0 Å². The molecule has 2 rings (SSSR count). The highest BCUT2D eigenvalue weighted by molar-refractivity contribution is 5.98. The van der Waals surface area contributed by atoms with Crippen LogP contribution in [-0.4, -0.2) is 55.1 Å². The number of aromatic nitrogens is 2. The number of methoxy groups -OCH3 is 1. The predicted molar refractivity (Wildman–Crippen MR) is 113 cm³/mol. The van der Waals surface area contributed by atoms with Gasteiger partial charge in [-0.25, -0.2) is 4.98 Å². The Morgan fingerprint density at radius 3 is 2.48 bits per heavy atom. The van der Waals surface area contributed by atoms with E-state index in [1.807, 2.05) is 0 Å². The molecule has 10 nitrogen and oxygen atoms in total. The summed E-state index contributed by atoms with van der Waals surface area (Å²) in [7, 11) is 4.81. The van der Waals surface area contributed by atoms with Gasteiger partial charge in [0.1, 0.15) is 29.5 Å². The van der Waals surface area contributed by atoms with Crippen LogP contribution in [0.5, 0.6) is 11.6 Å². The first kappa shape index (κ1) is 25.6. The standard InChI is InChI=1S/C20H24F3N7O3/c1-19(26,15-14(10-24)16(32-4)29-18(25)28-15)17(31)27-12-7-11(20(21,22)23)8-13(9-12)33-6-5-30(2)3/h7-9H,5-6,26H2,1-4H3,(H,27,31)(H2,25,28,29)/t19-/m1/s1. The van der Waals surface area contributed by atoms with E-state index in [9.17, 15) is 23.2 Å². The summed E-state index contributed by atoms with van der Waals surface area (Å²) in [6.07, 6.45) is -4.69. The van der Waals surface area contributed by atoms with Gasteiger partial charge in [-0.05, 0) is 33.2 Å². The molecule has 1 atom stereocenters. The molecular weight excluding hydrogens is 443 g/mol. The number of anilines is 2. The van der Waals surface area contributed by atoms with Crippen molar-refractivity contribution in [2.24, 2.45) is 5.73 Å². The number of hydrogen-bond donors (Lipinski definition) is 3. The van der Waals surface area contributed by atoms with Gasteiger partial charge in [0.2, 0.25) is 17.7 Å². The number of nitrogens with zero attached hydrogens (tertiary/aromatic N) is 4. The predicted octanol–water partition coefficient (Wildman–Crippen LogP) is 1.71. The lowest BCUT2D eigenvalue weighted by molar-refractivity contribution is -0.137. The number of hydrogen-bond acceptors (Lipinski definition) is 9. The monoisotopic (exact) mass is 467 g/mol. The second-order valence-electron chi connectivity index (χ2n) is 7.48. The Morgan fingerprint density at radius 1 is 1.27 bits per heavy atom. The highest BCUT2D eigenvalue weighted by Crippen LogP contribution is 2.35. The summed E-state index contributed by atoms with van der Waals surface area (Å²) in [6, 6.07) is 4.61. The minimum atomic E-state index is -4.69. The van der Waals surface area contributed by atoms with Gasteiger partial charge in [-0.2, -0.15) is 23.4 Å². The summed E-state index contributed by atoms with van der Waals surface area (Å²) < 4.78 is 50.5. The van der Waals surface area contributed by atoms with Crippen LogP contribution in [0.25, 0.3) is 0 Å². The molecule has 13 heteroatoms. The second kappa shape index (κ2) is 9.88. The minimum Gasteiger partial charge on any atom is -0.492 e. The first-order chi connectivity index (χ1) is 15.3. The summed E-state index contributed by atoms with van der Waals surface area (Å²) in [5, 5.41) is 11.8. The highest BCUT2D eigenvalue weighted by atomic mass is 19.4. The van der Waals surface area contributed by atoms with E-state index in [0.29, 0.717) is 6.54 Å². The highest BCUT2D eigenvalue weighted by Gasteiger charge is 2.38. The van der Waals surface area contributed by atoms with E-state index in [2.05, 4.69) is 15.3 Å². The molecule has 0 aliphatic rings. The number of nitrogens with one attached hydrogen (secondary N) is 1. The largest absolute Gasteiger partial charge is 0.492 e. The van der Waals surface area contributed by atoms with Gasteiger partial charge < -0.3 is 31.2 Å². The van der Waals surface area contributed by atoms with Gasteiger partial charge in [-0.15, -0.1) is 0 Å². The van der Waals surface area contributed by atoms with Crippen molar-refractivity contribution >= 4 is 17.5 Å². The third-order valence-electron chi connectivity index (χ3n) is 4.46. The van der Waals surface area contributed by atoms with Gasteiger partial charge in [-0.3, -0.25) is 4.79 Å². The van der Waals surface area contributed by atoms with E-state index < -0.39 is 23.2 Å². The number of likely N-dealkylation sites (N-methyl/N-ethyl adjacent to an activating group) is 1. The van der Waals surface area contributed by atoms with Crippen molar-refractivity contribution in [2.45, 2.75) is 18.6 Å². The number of nitrogens with two attached hydrogens (primary N) is 2. The molecule has 0 bridgehead atoms. The lowest BCUT2D eigenvalue weighted by Crippen LogP contribution is -2.47. The molecule has 0 radical (unpaired) electrons. The fraction of sp³-hybridized carbons (Fsp3) is 0.400. The summed E-state index contributed by atoms with van der Waals surface area (Å²) >= 11 is 0. The van der Waals surface area contributed by atoms with Crippen molar-refractivity contribution in [3.63, 3.8) is 0 Å². The van der Waals surface area contributed by atoms with Crippen LogP contribution in [0.1, 0.15) is 23.7 Å². The Labute approximate surface area is 188 Å². The molecule has 0 fully saturated rings. The Hall–Kier alpha value is -3.63. The fourth-order valence-corrected chi connectivity index (χ4v) is 2.71. The topological polar surface area (TPSA) is 152 Å². The molecule has 0 saturated heterocycles. The smallest absolute Gasteiger partial charge is 0.416 e.